The van der Waals surface area contributed by atoms with Gasteiger partial charge in [-0.3, -0.25) is 19.3 Å². The molecule has 1 amide bonds. The van der Waals surface area contributed by atoms with Gasteiger partial charge < -0.3 is 0 Å². The summed E-state index contributed by atoms with van der Waals surface area (Å²) in [7, 11) is 0. The standard InChI is InChI=1S/C13H9F2NO3/c14-7-3-4-8(15)11-10(7)12(18)13(19)16(11)5-9(17)6-1-2-6/h3-4,6H,1-2,5H2. The fourth-order valence-corrected chi connectivity index (χ4v) is 2.19. The van der Waals surface area contributed by atoms with Gasteiger partial charge in [0.25, 0.3) is 11.7 Å². The van der Waals surface area contributed by atoms with Crippen LogP contribution in [0.1, 0.15) is 23.2 Å². The third kappa shape index (κ3) is 1.75. The summed E-state index contributed by atoms with van der Waals surface area (Å²) in [5.74, 6) is -4.32. The van der Waals surface area contributed by atoms with E-state index in [1.54, 1.807) is 0 Å². The van der Waals surface area contributed by atoms with Crippen LogP contribution in [-0.2, 0) is 9.59 Å². The van der Waals surface area contributed by atoms with E-state index in [-0.39, 0.29) is 18.2 Å². The summed E-state index contributed by atoms with van der Waals surface area (Å²) in [6, 6.07) is 1.64. The Hall–Kier alpha value is -2.11. The minimum Gasteiger partial charge on any atom is -0.297 e. The first-order valence-corrected chi connectivity index (χ1v) is 5.87. The van der Waals surface area contributed by atoms with Crippen LogP contribution in [0.2, 0.25) is 0 Å². The second-order valence-electron chi connectivity index (χ2n) is 4.71. The molecule has 1 aromatic rings. The quantitative estimate of drug-likeness (QED) is 0.778. The number of nitrogens with zero attached hydrogens (tertiary/aromatic N) is 1. The molecule has 6 heteroatoms. The number of anilines is 1. The van der Waals surface area contributed by atoms with Crippen molar-refractivity contribution in [2.75, 3.05) is 11.4 Å². The van der Waals surface area contributed by atoms with Crippen molar-refractivity contribution >= 4 is 23.2 Å². The van der Waals surface area contributed by atoms with Crippen molar-refractivity contribution in [2.45, 2.75) is 12.8 Å². The lowest BCUT2D eigenvalue weighted by atomic mass is 10.1. The van der Waals surface area contributed by atoms with Crippen molar-refractivity contribution in [3.8, 4) is 0 Å². The van der Waals surface area contributed by atoms with Crippen molar-refractivity contribution in [2.24, 2.45) is 5.92 Å². The number of amides is 1. The molecule has 2 aliphatic rings. The van der Waals surface area contributed by atoms with E-state index in [2.05, 4.69) is 0 Å². The Kier molecular flexibility index (Phi) is 2.48. The number of Topliss-reactive ketones (excluding diaryl/α,β-unsaturated/α-hetero) is 2. The van der Waals surface area contributed by atoms with E-state index in [1.807, 2.05) is 0 Å². The van der Waals surface area contributed by atoms with Crippen LogP contribution >= 0.6 is 0 Å². The van der Waals surface area contributed by atoms with Crippen LogP contribution in [0.15, 0.2) is 12.1 Å². The SMILES string of the molecule is O=C1C(=O)N(CC(=O)C2CC2)c2c(F)ccc(F)c21. The van der Waals surface area contributed by atoms with Crippen LogP contribution in [0.25, 0.3) is 0 Å². The molecule has 0 atom stereocenters. The molecular formula is C13H9F2NO3. The molecular weight excluding hydrogens is 256 g/mol. The third-order valence-corrected chi connectivity index (χ3v) is 3.36. The molecule has 1 fully saturated rings. The van der Waals surface area contributed by atoms with E-state index >= 15 is 0 Å². The van der Waals surface area contributed by atoms with Gasteiger partial charge >= 0.3 is 0 Å². The maximum absolute atomic E-state index is 13.7. The predicted octanol–water partition coefficient (Wildman–Crippen LogP) is 1.47. The second kappa shape index (κ2) is 3.94. The summed E-state index contributed by atoms with van der Waals surface area (Å²) in [5, 5.41) is 0. The van der Waals surface area contributed by atoms with Gasteiger partial charge in [0.05, 0.1) is 17.8 Å². The largest absolute Gasteiger partial charge is 0.300 e. The smallest absolute Gasteiger partial charge is 0.297 e. The Morgan fingerprint density at radius 3 is 2.47 bits per heavy atom. The molecule has 0 unspecified atom stereocenters. The fourth-order valence-electron chi connectivity index (χ4n) is 2.19. The van der Waals surface area contributed by atoms with Crippen LogP contribution in [0, 0.1) is 17.6 Å². The highest BCUT2D eigenvalue weighted by Gasteiger charge is 2.42. The molecule has 1 aliphatic heterocycles. The Bertz CT molecular complexity index is 623. The highest BCUT2D eigenvalue weighted by Crippen LogP contribution is 2.35. The predicted molar refractivity (Wildman–Crippen MR) is 60.8 cm³/mol. The van der Waals surface area contributed by atoms with E-state index in [1.165, 1.54) is 0 Å². The van der Waals surface area contributed by atoms with Crippen molar-refractivity contribution in [1.82, 2.24) is 0 Å². The van der Waals surface area contributed by atoms with Crippen LogP contribution in [0.4, 0.5) is 14.5 Å². The molecule has 1 aromatic carbocycles. The molecule has 19 heavy (non-hydrogen) atoms. The average molecular weight is 265 g/mol. The minimum absolute atomic E-state index is 0.122. The molecule has 1 saturated carbocycles. The Morgan fingerprint density at radius 2 is 1.84 bits per heavy atom. The van der Waals surface area contributed by atoms with Crippen LogP contribution in [0.3, 0.4) is 0 Å². The van der Waals surface area contributed by atoms with Crippen LogP contribution < -0.4 is 4.90 Å². The Balaban J connectivity index is 2.03. The third-order valence-electron chi connectivity index (χ3n) is 3.36. The number of ketones is 2. The van der Waals surface area contributed by atoms with Crippen LogP contribution in [-0.4, -0.2) is 24.0 Å². The van der Waals surface area contributed by atoms with Gasteiger partial charge in [-0.25, -0.2) is 8.78 Å². The second-order valence-corrected chi connectivity index (χ2v) is 4.71. The number of benzene rings is 1. The molecule has 98 valence electrons. The first kappa shape index (κ1) is 12.0. The van der Waals surface area contributed by atoms with Gasteiger partial charge in [0.2, 0.25) is 0 Å². The summed E-state index contributed by atoms with van der Waals surface area (Å²) in [6.07, 6.45) is 1.49. The normalized spacial score (nSPS) is 17.9. The lowest BCUT2D eigenvalue weighted by molar-refractivity contribution is -0.121. The van der Waals surface area contributed by atoms with Gasteiger partial charge in [-0.15, -0.1) is 0 Å². The molecule has 0 bridgehead atoms. The molecule has 0 saturated heterocycles. The van der Waals surface area contributed by atoms with Gasteiger partial charge in [0.15, 0.2) is 5.78 Å². The number of carbonyl (C=O) groups excluding carboxylic acids is 3. The first-order chi connectivity index (χ1) is 9.00. The van der Waals surface area contributed by atoms with Crippen molar-refractivity contribution in [3.05, 3.63) is 29.3 Å². The summed E-state index contributed by atoms with van der Waals surface area (Å²) in [6.45, 7) is -0.372. The number of fused-ring (bicyclic) bond motifs is 1. The molecule has 0 N–H and O–H groups in total. The average Bonchev–Trinajstić information content (AvgIpc) is 3.18. The molecule has 1 aliphatic carbocycles. The molecule has 1 heterocycles. The minimum atomic E-state index is -1.10. The monoisotopic (exact) mass is 265 g/mol. The number of hydrogen-bond acceptors (Lipinski definition) is 3. The highest BCUT2D eigenvalue weighted by molar-refractivity contribution is 6.52. The topological polar surface area (TPSA) is 54.5 Å². The number of hydrogen-bond donors (Lipinski definition) is 0. The van der Waals surface area contributed by atoms with E-state index in [4.69, 9.17) is 0 Å². The zero-order valence-electron chi connectivity index (χ0n) is 9.78. The van der Waals surface area contributed by atoms with E-state index < -0.39 is 34.6 Å². The van der Waals surface area contributed by atoms with E-state index in [9.17, 15) is 23.2 Å². The van der Waals surface area contributed by atoms with E-state index in [0.717, 1.165) is 29.9 Å². The molecule has 0 aromatic heterocycles. The molecule has 0 radical (unpaired) electrons. The summed E-state index contributed by atoms with van der Waals surface area (Å²) < 4.78 is 27.2. The summed E-state index contributed by atoms with van der Waals surface area (Å²) in [5.41, 5.74) is -0.988. The maximum Gasteiger partial charge on any atom is 0.300 e. The van der Waals surface area contributed by atoms with E-state index in [0.29, 0.717) is 0 Å². The van der Waals surface area contributed by atoms with Crippen molar-refractivity contribution in [1.29, 1.82) is 0 Å². The Morgan fingerprint density at radius 1 is 1.21 bits per heavy atom. The number of rotatable bonds is 3. The molecule has 3 rings (SSSR count). The maximum atomic E-state index is 13.7. The fraction of sp³-hybridized carbons (Fsp3) is 0.308. The number of halogens is 2. The zero-order valence-corrected chi connectivity index (χ0v) is 9.78. The van der Waals surface area contributed by atoms with Gasteiger partial charge in [0, 0.05) is 5.92 Å². The van der Waals surface area contributed by atoms with Crippen molar-refractivity contribution < 1.29 is 23.2 Å². The van der Waals surface area contributed by atoms with Gasteiger partial charge in [-0.1, -0.05) is 0 Å². The summed E-state index contributed by atoms with van der Waals surface area (Å²) in [4.78, 5) is 35.8. The lowest BCUT2D eigenvalue weighted by Crippen LogP contribution is -2.35. The Labute approximate surface area is 107 Å². The number of carbonyl (C=O) groups is 3. The van der Waals surface area contributed by atoms with Gasteiger partial charge in [-0.05, 0) is 25.0 Å². The summed E-state index contributed by atoms with van der Waals surface area (Å²) >= 11 is 0. The molecule has 4 nitrogen and oxygen atoms in total. The van der Waals surface area contributed by atoms with Gasteiger partial charge in [0.1, 0.15) is 11.6 Å². The highest BCUT2D eigenvalue weighted by atomic mass is 19.1. The lowest BCUT2D eigenvalue weighted by Gasteiger charge is -2.15. The zero-order chi connectivity index (χ0) is 13.7. The van der Waals surface area contributed by atoms with Crippen molar-refractivity contribution in [3.63, 3.8) is 0 Å². The van der Waals surface area contributed by atoms with Crippen LogP contribution in [0.5, 0.6) is 0 Å². The van der Waals surface area contributed by atoms with Gasteiger partial charge in [-0.2, -0.15) is 0 Å². The first-order valence-electron chi connectivity index (χ1n) is 5.87. The molecule has 0 spiro atoms.